The van der Waals surface area contributed by atoms with Gasteiger partial charge in [0.05, 0.1) is 5.56 Å². The van der Waals surface area contributed by atoms with E-state index in [1.165, 1.54) is 0 Å². The number of benzene rings is 1. The normalized spacial score (nSPS) is 10.8. The summed E-state index contributed by atoms with van der Waals surface area (Å²) in [4.78, 5) is 8.64. The first-order valence-corrected chi connectivity index (χ1v) is 7.16. The molecule has 1 aromatic carbocycles. The number of nitrogens with two attached hydrogens (primary N) is 1. The third kappa shape index (κ3) is 2.67. The Morgan fingerprint density at radius 2 is 2.00 bits per heavy atom. The molecule has 0 fully saturated rings. The van der Waals surface area contributed by atoms with E-state index in [9.17, 15) is 0 Å². The Morgan fingerprint density at radius 1 is 1.19 bits per heavy atom. The monoisotopic (exact) mass is 344 g/mol. The van der Waals surface area contributed by atoms with Crippen molar-refractivity contribution in [3.63, 3.8) is 0 Å². The van der Waals surface area contributed by atoms with Crippen molar-refractivity contribution in [3.8, 4) is 23.0 Å². The van der Waals surface area contributed by atoms with Crippen molar-refractivity contribution in [1.82, 2.24) is 15.1 Å². The summed E-state index contributed by atoms with van der Waals surface area (Å²) in [7, 11) is 0. The second-order valence-electron chi connectivity index (χ2n) is 4.83. The summed E-state index contributed by atoms with van der Waals surface area (Å²) in [6.07, 6.45) is 1.69. The van der Waals surface area contributed by atoms with E-state index >= 15 is 0 Å². The Balaban J connectivity index is 2.04. The molecule has 0 saturated carbocycles. The number of halogens is 1. The van der Waals surface area contributed by atoms with Crippen molar-refractivity contribution in [1.29, 1.82) is 0 Å². The first kappa shape index (κ1) is 13.8. The van der Waals surface area contributed by atoms with E-state index in [0.717, 1.165) is 21.2 Å². The van der Waals surface area contributed by atoms with Gasteiger partial charge in [-0.1, -0.05) is 11.2 Å². The Labute approximate surface area is 130 Å². The first-order valence-electron chi connectivity index (χ1n) is 6.37. The lowest BCUT2D eigenvalue weighted by Gasteiger charge is -2.06. The molecule has 3 aromatic rings. The zero-order valence-corrected chi connectivity index (χ0v) is 13.2. The van der Waals surface area contributed by atoms with Crippen molar-refractivity contribution in [2.75, 3.05) is 5.73 Å². The van der Waals surface area contributed by atoms with Gasteiger partial charge in [-0.15, -0.1) is 0 Å². The van der Waals surface area contributed by atoms with E-state index in [1.807, 2.05) is 38.1 Å². The van der Waals surface area contributed by atoms with Gasteiger partial charge in [-0.2, -0.15) is 4.98 Å². The van der Waals surface area contributed by atoms with Crippen LogP contribution in [-0.2, 0) is 0 Å². The number of nitrogen functional groups attached to an aromatic ring is 1. The fourth-order valence-corrected chi connectivity index (χ4v) is 2.34. The molecule has 5 nitrogen and oxygen atoms in total. The molecular weight excluding hydrogens is 332 g/mol. The standard InChI is InChI=1S/C15H13BrN4O/c1-8-5-9(2)13(17)11(6-8)15-19-14(20-21-15)12-4-3-10(16)7-18-12/h3-7H,17H2,1-2H3. The lowest BCUT2D eigenvalue weighted by atomic mass is 10.0. The van der Waals surface area contributed by atoms with Crippen LogP contribution in [0.4, 0.5) is 5.69 Å². The molecule has 0 aliphatic heterocycles. The van der Waals surface area contributed by atoms with Crippen LogP contribution in [0.25, 0.3) is 23.0 Å². The molecule has 3 rings (SSSR count). The van der Waals surface area contributed by atoms with Crippen LogP contribution < -0.4 is 5.73 Å². The number of rotatable bonds is 2. The topological polar surface area (TPSA) is 77.8 Å². The van der Waals surface area contributed by atoms with E-state index in [-0.39, 0.29) is 0 Å². The molecule has 106 valence electrons. The Bertz CT molecular complexity index is 796. The van der Waals surface area contributed by atoms with Crippen LogP contribution in [0.5, 0.6) is 0 Å². The zero-order valence-electron chi connectivity index (χ0n) is 11.6. The lowest BCUT2D eigenvalue weighted by molar-refractivity contribution is 0.432. The largest absolute Gasteiger partial charge is 0.398 e. The van der Waals surface area contributed by atoms with Gasteiger partial charge in [0.25, 0.3) is 5.89 Å². The molecule has 0 amide bonds. The van der Waals surface area contributed by atoms with Crippen LogP contribution in [-0.4, -0.2) is 15.1 Å². The van der Waals surface area contributed by atoms with Crippen molar-refractivity contribution in [3.05, 3.63) is 46.1 Å². The molecule has 6 heteroatoms. The van der Waals surface area contributed by atoms with Crippen molar-refractivity contribution < 1.29 is 4.52 Å². The van der Waals surface area contributed by atoms with Crippen LogP contribution in [0.2, 0.25) is 0 Å². The van der Waals surface area contributed by atoms with E-state index in [1.54, 1.807) is 6.20 Å². The average Bonchev–Trinajstić information content (AvgIpc) is 2.93. The van der Waals surface area contributed by atoms with Crippen LogP contribution >= 0.6 is 15.9 Å². The smallest absolute Gasteiger partial charge is 0.260 e. The molecule has 2 N–H and O–H groups in total. The van der Waals surface area contributed by atoms with Crippen LogP contribution in [0, 0.1) is 13.8 Å². The molecule has 2 aromatic heterocycles. The third-order valence-electron chi connectivity index (χ3n) is 3.14. The third-order valence-corrected chi connectivity index (χ3v) is 3.61. The molecular formula is C15H13BrN4O. The van der Waals surface area contributed by atoms with Gasteiger partial charge in [-0.3, -0.25) is 4.98 Å². The summed E-state index contributed by atoms with van der Waals surface area (Å²) in [5, 5.41) is 3.97. The van der Waals surface area contributed by atoms with Crippen molar-refractivity contribution in [2.45, 2.75) is 13.8 Å². The lowest BCUT2D eigenvalue weighted by Crippen LogP contribution is -1.95. The average molecular weight is 345 g/mol. The molecule has 0 bridgehead atoms. The highest BCUT2D eigenvalue weighted by Crippen LogP contribution is 2.29. The number of aryl methyl sites for hydroxylation is 2. The molecule has 0 radical (unpaired) electrons. The molecule has 2 heterocycles. The number of anilines is 1. The maximum atomic E-state index is 6.10. The van der Waals surface area contributed by atoms with Crippen LogP contribution in [0.3, 0.4) is 0 Å². The summed E-state index contributed by atoms with van der Waals surface area (Å²) in [6.45, 7) is 3.96. The maximum absolute atomic E-state index is 6.10. The van der Waals surface area contributed by atoms with Gasteiger partial charge in [0.15, 0.2) is 0 Å². The number of hydrogen-bond acceptors (Lipinski definition) is 5. The minimum absolute atomic E-state index is 0.402. The van der Waals surface area contributed by atoms with Crippen molar-refractivity contribution in [2.24, 2.45) is 0 Å². The molecule has 21 heavy (non-hydrogen) atoms. The second kappa shape index (κ2) is 5.29. The minimum atomic E-state index is 0.402. The van der Waals surface area contributed by atoms with E-state index in [2.05, 4.69) is 31.1 Å². The maximum Gasteiger partial charge on any atom is 0.260 e. The number of nitrogens with zero attached hydrogens (tertiary/aromatic N) is 3. The molecule has 0 saturated heterocycles. The Morgan fingerprint density at radius 3 is 2.71 bits per heavy atom. The molecule has 0 aliphatic carbocycles. The highest BCUT2D eigenvalue weighted by atomic mass is 79.9. The number of pyridine rings is 1. The summed E-state index contributed by atoms with van der Waals surface area (Å²) in [5.74, 6) is 0.843. The SMILES string of the molecule is Cc1cc(C)c(N)c(-c2nc(-c3ccc(Br)cn3)no2)c1. The fraction of sp³-hybridized carbons (Fsp3) is 0.133. The van der Waals surface area contributed by atoms with Gasteiger partial charge in [-0.25, -0.2) is 0 Å². The van der Waals surface area contributed by atoms with Gasteiger partial charge in [0.2, 0.25) is 5.82 Å². The van der Waals surface area contributed by atoms with E-state index in [0.29, 0.717) is 23.1 Å². The Hall–Kier alpha value is -2.21. The summed E-state index contributed by atoms with van der Waals surface area (Å²) >= 11 is 3.34. The van der Waals surface area contributed by atoms with Gasteiger partial charge in [0.1, 0.15) is 5.69 Å². The predicted octanol–water partition coefficient (Wildman–Crippen LogP) is 3.76. The summed E-state index contributed by atoms with van der Waals surface area (Å²) in [5.41, 5.74) is 10.2. The summed E-state index contributed by atoms with van der Waals surface area (Å²) < 4.78 is 6.23. The highest BCUT2D eigenvalue weighted by molar-refractivity contribution is 9.10. The van der Waals surface area contributed by atoms with Crippen molar-refractivity contribution >= 4 is 21.6 Å². The van der Waals surface area contributed by atoms with Gasteiger partial charge < -0.3 is 10.3 Å². The highest BCUT2D eigenvalue weighted by Gasteiger charge is 2.15. The number of aromatic nitrogens is 3. The van der Waals surface area contributed by atoms with E-state index in [4.69, 9.17) is 10.3 Å². The molecule has 0 unspecified atom stereocenters. The summed E-state index contributed by atoms with van der Waals surface area (Å²) in [6, 6.07) is 7.66. The second-order valence-corrected chi connectivity index (χ2v) is 5.74. The predicted molar refractivity (Wildman–Crippen MR) is 84.6 cm³/mol. The van der Waals surface area contributed by atoms with Crippen LogP contribution in [0.1, 0.15) is 11.1 Å². The Kier molecular flexibility index (Phi) is 3.47. The van der Waals surface area contributed by atoms with Gasteiger partial charge in [0, 0.05) is 16.4 Å². The van der Waals surface area contributed by atoms with E-state index < -0.39 is 0 Å². The molecule has 0 aliphatic rings. The molecule has 0 atom stereocenters. The van der Waals surface area contributed by atoms with Gasteiger partial charge >= 0.3 is 0 Å². The minimum Gasteiger partial charge on any atom is -0.398 e. The molecule has 0 spiro atoms. The fourth-order valence-electron chi connectivity index (χ4n) is 2.10. The zero-order chi connectivity index (χ0) is 15.0. The quantitative estimate of drug-likeness (QED) is 0.716. The van der Waals surface area contributed by atoms with Crippen LogP contribution in [0.15, 0.2) is 39.5 Å². The first-order chi connectivity index (χ1) is 10.0. The number of hydrogen-bond donors (Lipinski definition) is 1. The van der Waals surface area contributed by atoms with Gasteiger partial charge in [-0.05, 0) is 59.1 Å².